The third-order valence-electron chi connectivity index (χ3n) is 2.25. The van der Waals surface area contributed by atoms with Crippen molar-refractivity contribution in [2.24, 2.45) is 0 Å². The molecule has 0 aromatic heterocycles. The van der Waals surface area contributed by atoms with Crippen LogP contribution in [-0.2, 0) is 0 Å². The lowest BCUT2D eigenvalue weighted by molar-refractivity contribution is 0.477. The Morgan fingerprint density at radius 2 is 1.73 bits per heavy atom. The highest BCUT2D eigenvalue weighted by Crippen LogP contribution is 2.29. The van der Waals surface area contributed by atoms with Crippen LogP contribution in [0.5, 0.6) is 5.75 Å². The summed E-state index contributed by atoms with van der Waals surface area (Å²) in [5, 5.41) is 9.78. The summed E-state index contributed by atoms with van der Waals surface area (Å²) in [4.78, 5) is 0. The highest BCUT2D eigenvalue weighted by Gasteiger charge is 2.03. The van der Waals surface area contributed by atoms with Crippen LogP contribution in [-0.4, -0.2) is 5.11 Å². The van der Waals surface area contributed by atoms with E-state index in [4.69, 9.17) is 6.42 Å². The zero-order chi connectivity index (χ0) is 10.7. The molecular weight excluding hydrogens is 184 g/mol. The van der Waals surface area contributed by atoms with E-state index in [-0.39, 0.29) is 5.75 Å². The molecule has 0 aliphatic heterocycles. The maximum Gasteiger partial charge on any atom is 0.124 e. The van der Waals surface area contributed by atoms with Crippen LogP contribution < -0.4 is 0 Å². The summed E-state index contributed by atoms with van der Waals surface area (Å²) in [6, 6.07) is 15.0. The molecule has 72 valence electrons. The van der Waals surface area contributed by atoms with Crippen molar-refractivity contribution in [3.8, 4) is 29.2 Å². The van der Waals surface area contributed by atoms with Crippen molar-refractivity contribution in [1.29, 1.82) is 0 Å². The number of benzene rings is 2. The molecule has 0 spiro atoms. The number of hydrogen-bond donors (Lipinski definition) is 1. The molecule has 1 nitrogen and oxygen atoms in total. The van der Waals surface area contributed by atoms with Gasteiger partial charge in [-0.3, -0.25) is 0 Å². The van der Waals surface area contributed by atoms with E-state index < -0.39 is 0 Å². The molecule has 0 unspecified atom stereocenters. The van der Waals surface area contributed by atoms with Gasteiger partial charge in [0, 0.05) is 11.1 Å². The lowest BCUT2D eigenvalue weighted by atomic mass is 10.0. The van der Waals surface area contributed by atoms with Gasteiger partial charge in [-0.2, -0.15) is 0 Å². The highest BCUT2D eigenvalue weighted by atomic mass is 16.3. The minimum atomic E-state index is 0.219. The number of phenols is 1. The van der Waals surface area contributed by atoms with Crippen molar-refractivity contribution in [1.82, 2.24) is 0 Å². The molecule has 1 heteroatoms. The van der Waals surface area contributed by atoms with E-state index in [2.05, 4.69) is 5.92 Å². The molecule has 15 heavy (non-hydrogen) atoms. The van der Waals surface area contributed by atoms with Gasteiger partial charge in [-0.1, -0.05) is 36.3 Å². The fourth-order valence-corrected chi connectivity index (χ4v) is 1.48. The van der Waals surface area contributed by atoms with Gasteiger partial charge in [-0.15, -0.1) is 6.42 Å². The normalized spacial score (nSPS) is 9.53. The summed E-state index contributed by atoms with van der Waals surface area (Å²) in [7, 11) is 0. The molecule has 0 fully saturated rings. The molecule has 0 heterocycles. The van der Waals surface area contributed by atoms with Crippen molar-refractivity contribution < 1.29 is 5.11 Å². The van der Waals surface area contributed by atoms with Crippen LogP contribution >= 0.6 is 0 Å². The molecule has 0 saturated heterocycles. The van der Waals surface area contributed by atoms with E-state index in [1.165, 1.54) is 0 Å². The highest BCUT2D eigenvalue weighted by molar-refractivity contribution is 5.71. The van der Waals surface area contributed by atoms with Crippen LogP contribution in [0.3, 0.4) is 0 Å². The van der Waals surface area contributed by atoms with Gasteiger partial charge in [-0.05, 0) is 23.8 Å². The fraction of sp³-hybridized carbons (Fsp3) is 0. The second-order valence-electron chi connectivity index (χ2n) is 3.24. The Labute approximate surface area is 89.0 Å². The number of phenolic OH excluding ortho intramolecular Hbond substituents is 1. The Hall–Kier alpha value is -2.20. The Morgan fingerprint density at radius 1 is 1.00 bits per heavy atom. The smallest absolute Gasteiger partial charge is 0.124 e. The topological polar surface area (TPSA) is 20.2 Å². The lowest BCUT2D eigenvalue weighted by Crippen LogP contribution is -1.80. The summed E-state index contributed by atoms with van der Waals surface area (Å²) < 4.78 is 0. The van der Waals surface area contributed by atoms with Gasteiger partial charge in [0.1, 0.15) is 5.75 Å². The number of aromatic hydroxyl groups is 1. The van der Waals surface area contributed by atoms with Crippen LogP contribution in [0.4, 0.5) is 0 Å². The molecule has 2 rings (SSSR count). The van der Waals surface area contributed by atoms with Crippen molar-refractivity contribution in [2.45, 2.75) is 0 Å². The first-order valence-corrected chi connectivity index (χ1v) is 4.66. The number of hydrogen-bond acceptors (Lipinski definition) is 1. The summed E-state index contributed by atoms with van der Waals surface area (Å²) in [5.74, 6) is 2.71. The zero-order valence-electron chi connectivity index (χ0n) is 8.14. The van der Waals surface area contributed by atoms with Crippen molar-refractivity contribution >= 4 is 0 Å². The minimum Gasteiger partial charge on any atom is -0.507 e. The summed E-state index contributed by atoms with van der Waals surface area (Å²) in [6.45, 7) is 0. The average molecular weight is 194 g/mol. The zero-order valence-corrected chi connectivity index (χ0v) is 8.14. The van der Waals surface area contributed by atoms with E-state index >= 15 is 0 Å². The third-order valence-corrected chi connectivity index (χ3v) is 2.25. The van der Waals surface area contributed by atoms with E-state index in [1.54, 1.807) is 6.07 Å². The largest absolute Gasteiger partial charge is 0.507 e. The SMILES string of the molecule is C#Cc1ccc(-c2ccccc2)c(O)c1. The minimum absolute atomic E-state index is 0.219. The maximum atomic E-state index is 9.78. The molecule has 0 radical (unpaired) electrons. The van der Waals surface area contributed by atoms with Gasteiger partial charge < -0.3 is 5.11 Å². The second kappa shape index (κ2) is 3.89. The van der Waals surface area contributed by atoms with Crippen LogP contribution in [0.1, 0.15) is 5.56 Å². The monoisotopic (exact) mass is 194 g/mol. The van der Waals surface area contributed by atoms with Crippen molar-refractivity contribution in [3.63, 3.8) is 0 Å². The average Bonchev–Trinajstić information content (AvgIpc) is 2.30. The molecule has 0 aliphatic rings. The Bertz CT molecular complexity index is 507. The molecular formula is C14H10O. The summed E-state index contributed by atoms with van der Waals surface area (Å²) in [6.07, 6.45) is 5.25. The standard InChI is InChI=1S/C14H10O/c1-2-11-8-9-13(14(15)10-11)12-6-4-3-5-7-12/h1,3-10,15H. The van der Waals surface area contributed by atoms with Gasteiger partial charge >= 0.3 is 0 Å². The molecule has 2 aromatic carbocycles. The van der Waals surface area contributed by atoms with Crippen molar-refractivity contribution in [2.75, 3.05) is 0 Å². The van der Waals surface area contributed by atoms with Gasteiger partial charge in [0.25, 0.3) is 0 Å². The predicted molar refractivity (Wildman–Crippen MR) is 61.5 cm³/mol. The quantitative estimate of drug-likeness (QED) is 0.692. The lowest BCUT2D eigenvalue weighted by Gasteiger charge is -2.04. The summed E-state index contributed by atoms with van der Waals surface area (Å²) >= 11 is 0. The second-order valence-corrected chi connectivity index (χ2v) is 3.24. The summed E-state index contributed by atoms with van der Waals surface area (Å²) in [5.41, 5.74) is 2.47. The predicted octanol–water partition coefficient (Wildman–Crippen LogP) is 3.04. The maximum absolute atomic E-state index is 9.78. The Balaban J connectivity index is 2.52. The van der Waals surface area contributed by atoms with Crippen LogP contribution in [0.2, 0.25) is 0 Å². The molecule has 1 N–H and O–H groups in total. The molecule has 0 bridgehead atoms. The first-order valence-electron chi connectivity index (χ1n) is 4.66. The first-order chi connectivity index (χ1) is 7.31. The van der Waals surface area contributed by atoms with E-state index in [1.807, 2.05) is 42.5 Å². The van der Waals surface area contributed by atoms with E-state index in [0.717, 1.165) is 11.1 Å². The van der Waals surface area contributed by atoms with Crippen LogP contribution in [0, 0.1) is 12.3 Å². The van der Waals surface area contributed by atoms with E-state index in [0.29, 0.717) is 5.56 Å². The molecule has 0 amide bonds. The Kier molecular flexibility index (Phi) is 2.43. The Morgan fingerprint density at radius 3 is 2.33 bits per heavy atom. The fourth-order valence-electron chi connectivity index (χ4n) is 1.48. The van der Waals surface area contributed by atoms with Crippen LogP contribution in [0.25, 0.3) is 11.1 Å². The van der Waals surface area contributed by atoms with Gasteiger partial charge in [0.15, 0.2) is 0 Å². The van der Waals surface area contributed by atoms with Gasteiger partial charge in [0.05, 0.1) is 0 Å². The number of terminal acetylenes is 1. The number of rotatable bonds is 1. The first kappa shape index (κ1) is 9.36. The van der Waals surface area contributed by atoms with Gasteiger partial charge in [0.2, 0.25) is 0 Å². The van der Waals surface area contributed by atoms with E-state index in [9.17, 15) is 5.11 Å². The van der Waals surface area contributed by atoms with Crippen LogP contribution in [0.15, 0.2) is 48.5 Å². The molecule has 2 aromatic rings. The van der Waals surface area contributed by atoms with Gasteiger partial charge in [-0.25, -0.2) is 0 Å². The molecule has 0 atom stereocenters. The van der Waals surface area contributed by atoms with Crippen molar-refractivity contribution in [3.05, 3.63) is 54.1 Å². The molecule has 0 saturated carbocycles. The third kappa shape index (κ3) is 1.84. The molecule has 0 aliphatic carbocycles.